The summed E-state index contributed by atoms with van der Waals surface area (Å²) in [5.41, 5.74) is 4.59. The Balaban J connectivity index is 1.52. The molecule has 5 heteroatoms. The van der Waals surface area contributed by atoms with E-state index in [2.05, 4.69) is 20.9 Å². The molecule has 118 valence electrons. The largest absolute Gasteiger partial charge is 0.310 e. The average Bonchev–Trinajstić information content (AvgIpc) is 3.04. The number of hydrogen-bond acceptors (Lipinski definition) is 4. The fourth-order valence-electron chi connectivity index (χ4n) is 3.55. The molecule has 0 fully saturated rings. The molecule has 1 aromatic heterocycles. The van der Waals surface area contributed by atoms with E-state index in [0.717, 1.165) is 43.9 Å². The zero-order valence-corrected chi connectivity index (χ0v) is 13.3. The Bertz CT molecular complexity index is 745. The van der Waals surface area contributed by atoms with Gasteiger partial charge in [0.1, 0.15) is 6.33 Å². The third-order valence-corrected chi connectivity index (χ3v) is 4.96. The molecule has 0 aliphatic carbocycles. The van der Waals surface area contributed by atoms with Crippen LogP contribution in [0.4, 0.5) is 5.69 Å². The first-order valence-corrected chi connectivity index (χ1v) is 8.15. The van der Waals surface area contributed by atoms with Gasteiger partial charge in [-0.1, -0.05) is 18.2 Å². The van der Waals surface area contributed by atoms with E-state index in [1.807, 2.05) is 36.2 Å². The van der Waals surface area contributed by atoms with Crippen molar-refractivity contribution in [2.24, 2.45) is 0 Å². The van der Waals surface area contributed by atoms with E-state index in [-0.39, 0.29) is 11.9 Å². The topological polar surface area (TPSA) is 49.3 Å². The van der Waals surface area contributed by atoms with Gasteiger partial charge in [-0.05, 0) is 37.0 Å². The number of aromatic nitrogens is 2. The number of nitrogens with zero attached hydrogens (tertiary/aromatic N) is 4. The first kappa shape index (κ1) is 14.3. The number of benzene rings is 1. The maximum atomic E-state index is 13.0. The van der Waals surface area contributed by atoms with Crippen LogP contribution >= 0.6 is 0 Å². The molecule has 0 spiro atoms. The van der Waals surface area contributed by atoms with E-state index in [4.69, 9.17) is 0 Å². The summed E-state index contributed by atoms with van der Waals surface area (Å²) in [5, 5.41) is 0. The summed E-state index contributed by atoms with van der Waals surface area (Å²) in [5.74, 6) is 0.187. The molecule has 4 rings (SSSR count). The molecule has 23 heavy (non-hydrogen) atoms. The quantitative estimate of drug-likeness (QED) is 0.849. The second-order valence-electron chi connectivity index (χ2n) is 6.26. The lowest BCUT2D eigenvalue weighted by molar-refractivity contribution is -0.123. The maximum Gasteiger partial charge on any atom is 0.244 e. The standard InChI is InChI=1S/C18H20N4O/c1-13(21-8-6-15-10-19-12-20-16(15)11-21)18(23)22-9-7-14-4-2-3-5-17(14)22/h2-5,10,12-13H,6-9,11H2,1H3/t13-/m1/s1. The molecule has 0 saturated carbocycles. The molecule has 0 saturated heterocycles. The molecule has 2 aliphatic heterocycles. The lowest BCUT2D eigenvalue weighted by Gasteiger charge is -2.34. The minimum atomic E-state index is -0.135. The van der Waals surface area contributed by atoms with Gasteiger partial charge in [0, 0.05) is 31.5 Å². The fourth-order valence-corrected chi connectivity index (χ4v) is 3.55. The summed E-state index contributed by atoms with van der Waals surface area (Å²) < 4.78 is 0. The smallest absolute Gasteiger partial charge is 0.244 e. The summed E-state index contributed by atoms with van der Waals surface area (Å²) in [7, 11) is 0. The molecule has 0 radical (unpaired) electrons. The lowest BCUT2D eigenvalue weighted by atomic mass is 10.0. The molecule has 0 unspecified atom stereocenters. The molecule has 5 nitrogen and oxygen atoms in total. The number of rotatable bonds is 2. The van der Waals surface area contributed by atoms with Crippen molar-refractivity contribution in [1.29, 1.82) is 0 Å². The van der Waals surface area contributed by atoms with E-state index in [1.165, 1.54) is 11.1 Å². The lowest BCUT2D eigenvalue weighted by Crippen LogP contribution is -2.48. The van der Waals surface area contributed by atoms with Crippen molar-refractivity contribution in [3.8, 4) is 0 Å². The van der Waals surface area contributed by atoms with Crippen LogP contribution in [0.25, 0.3) is 0 Å². The van der Waals surface area contributed by atoms with Gasteiger partial charge in [-0.2, -0.15) is 0 Å². The van der Waals surface area contributed by atoms with Crippen molar-refractivity contribution in [2.75, 3.05) is 18.0 Å². The van der Waals surface area contributed by atoms with E-state index in [9.17, 15) is 4.79 Å². The van der Waals surface area contributed by atoms with Crippen molar-refractivity contribution in [2.45, 2.75) is 32.4 Å². The Morgan fingerprint density at radius 3 is 2.91 bits per heavy atom. The predicted octanol–water partition coefficient (Wildman–Crippen LogP) is 1.81. The van der Waals surface area contributed by atoms with Crippen molar-refractivity contribution in [3.05, 3.63) is 53.6 Å². The van der Waals surface area contributed by atoms with Crippen LogP contribution in [-0.4, -0.2) is 39.9 Å². The molecule has 1 atom stereocenters. The number of fused-ring (bicyclic) bond motifs is 2. The van der Waals surface area contributed by atoms with Gasteiger partial charge >= 0.3 is 0 Å². The van der Waals surface area contributed by atoms with E-state index >= 15 is 0 Å². The zero-order chi connectivity index (χ0) is 15.8. The molecule has 1 amide bonds. The van der Waals surface area contributed by atoms with Gasteiger partial charge in [-0.3, -0.25) is 9.69 Å². The Morgan fingerprint density at radius 1 is 1.17 bits per heavy atom. The van der Waals surface area contributed by atoms with Gasteiger partial charge in [0.05, 0.1) is 11.7 Å². The molecule has 0 bridgehead atoms. The van der Waals surface area contributed by atoms with E-state index in [0.29, 0.717) is 0 Å². The number of carbonyl (C=O) groups is 1. The maximum absolute atomic E-state index is 13.0. The molecule has 1 aromatic carbocycles. The van der Waals surface area contributed by atoms with Crippen LogP contribution < -0.4 is 4.90 Å². The Kier molecular flexibility index (Phi) is 3.58. The summed E-state index contributed by atoms with van der Waals surface area (Å²) >= 11 is 0. The average molecular weight is 308 g/mol. The van der Waals surface area contributed by atoms with Crippen molar-refractivity contribution in [1.82, 2.24) is 14.9 Å². The number of hydrogen-bond donors (Lipinski definition) is 0. The van der Waals surface area contributed by atoms with Crippen LogP contribution in [0.1, 0.15) is 23.7 Å². The summed E-state index contributed by atoms with van der Waals surface area (Å²) in [6.45, 7) is 4.40. The Morgan fingerprint density at radius 2 is 2.00 bits per heavy atom. The van der Waals surface area contributed by atoms with Crippen molar-refractivity contribution >= 4 is 11.6 Å². The highest BCUT2D eigenvalue weighted by Gasteiger charge is 2.32. The summed E-state index contributed by atoms with van der Waals surface area (Å²) in [6.07, 6.45) is 5.34. The van der Waals surface area contributed by atoms with Gasteiger partial charge in [-0.25, -0.2) is 9.97 Å². The fraction of sp³-hybridized carbons (Fsp3) is 0.389. The van der Waals surface area contributed by atoms with Gasteiger partial charge in [0.2, 0.25) is 5.91 Å². The molecule has 2 aliphatic rings. The van der Waals surface area contributed by atoms with Gasteiger partial charge in [0.25, 0.3) is 0 Å². The molecular weight excluding hydrogens is 288 g/mol. The molecular formula is C18H20N4O. The highest BCUT2D eigenvalue weighted by Crippen LogP contribution is 2.29. The highest BCUT2D eigenvalue weighted by atomic mass is 16.2. The minimum Gasteiger partial charge on any atom is -0.310 e. The Labute approximate surface area is 136 Å². The van der Waals surface area contributed by atoms with Gasteiger partial charge in [-0.15, -0.1) is 0 Å². The number of amides is 1. The highest BCUT2D eigenvalue weighted by molar-refractivity contribution is 5.98. The van der Waals surface area contributed by atoms with Crippen LogP contribution in [-0.2, 0) is 24.2 Å². The van der Waals surface area contributed by atoms with Gasteiger partial charge < -0.3 is 4.90 Å². The number of anilines is 1. The first-order chi connectivity index (χ1) is 11.2. The SMILES string of the molecule is C[C@H](C(=O)N1CCc2ccccc21)N1CCc2cncnc2C1. The van der Waals surface area contributed by atoms with Crippen LogP contribution in [0.5, 0.6) is 0 Å². The predicted molar refractivity (Wildman–Crippen MR) is 88.1 cm³/mol. The van der Waals surface area contributed by atoms with Crippen LogP contribution in [0, 0.1) is 0 Å². The monoisotopic (exact) mass is 308 g/mol. The summed E-state index contributed by atoms with van der Waals surface area (Å²) in [6, 6.07) is 8.07. The zero-order valence-electron chi connectivity index (χ0n) is 13.3. The normalized spacial score (nSPS) is 18.4. The Hall–Kier alpha value is -2.27. The van der Waals surface area contributed by atoms with Crippen molar-refractivity contribution < 1.29 is 4.79 Å². The third kappa shape index (κ3) is 2.51. The second-order valence-corrected chi connectivity index (χ2v) is 6.26. The number of para-hydroxylation sites is 1. The molecule has 2 aromatic rings. The molecule has 0 N–H and O–H groups in total. The third-order valence-electron chi connectivity index (χ3n) is 4.96. The van der Waals surface area contributed by atoms with E-state index < -0.39 is 0 Å². The van der Waals surface area contributed by atoms with Crippen LogP contribution in [0.15, 0.2) is 36.8 Å². The van der Waals surface area contributed by atoms with Gasteiger partial charge in [0.15, 0.2) is 0 Å². The van der Waals surface area contributed by atoms with Crippen LogP contribution in [0.2, 0.25) is 0 Å². The van der Waals surface area contributed by atoms with E-state index in [1.54, 1.807) is 6.33 Å². The van der Waals surface area contributed by atoms with Crippen molar-refractivity contribution in [3.63, 3.8) is 0 Å². The molecule has 3 heterocycles. The van der Waals surface area contributed by atoms with Crippen LogP contribution in [0.3, 0.4) is 0 Å². The number of carbonyl (C=O) groups excluding carboxylic acids is 1. The summed E-state index contributed by atoms with van der Waals surface area (Å²) in [4.78, 5) is 25.6. The first-order valence-electron chi connectivity index (χ1n) is 8.15. The minimum absolute atomic E-state index is 0.135. The second kappa shape index (κ2) is 5.74.